The zero-order valence-corrected chi connectivity index (χ0v) is 21.9. The third-order valence-corrected chi connectivity index (χ3v) is 8.26. The van der Waals surface area contributed by atoms with Gasteiger partial charge in [0.2, 0.25) is 0 Å². The SMILES string of the molecule is COc1ccccc1C(=O)NC[C@]1(c2ccccc2)CC[C@H](NS(=O)(=O)NCCCn2ccnc2)CC1. The molecule has 10 heteroatoms. The Hall–Kier alpha value is -3.21. The zero-order chi connectivity index (χ0) is 26.1. The number of nitrogens with zero attached hydrogens (tertiary/aromatic N) is 2. The number of carbonyl (C=O) groups is 1. The van der Waals surface area contributed by atoms with Gasteiger partial charge in [0, 0.05) is 43.5 Å². The monoisotopic (exact) mass is 525 g/mol. The molecule has 1 aliphatic rings. The molecule has 4 rings (SSSR count). The van der Waals surface area contributed by atoms with Crippen LogP contribution in [0.4, 0.5) is 0 Å². The van der Waals surface area contributed by atoms with Crippen molar-refractivity contribution in [2.45, 2.75) is 50.1 Å². The minimum Gasteiger partial charge on any atom is -0.496 e. The normalized spacial score (nSPS) is 19.9. The topological polar surface area (TPSA) is 114 Å². The van der Waals surface area contributed by atoms with E-state index >= 15 is 0 Å². The molecule has 3 N–H and O–H groups in total. The number of benzene rings is 2. The first-order valence-electron chi connectivity index (χ1n) is 12.6. The van der Waals surface area contributed by atoms with E-state index < -0.39 is 10.2 Å². The van der Waals surface area contributed by atoms with Crippen LogP contribution in [0.3, 0.4) is 0 Å². The maximum atomic E-state index is 13.0. The van der Waals surface area contributed by atoms with E-state index in [1.165, 1.54) is 0 Å². The molecule has 0 saturated heterocycles. The predicted octanol–water partition coefficient (Wildman–Crippen LogP) is 3.02. The van der Waals surface area contributed by atoms with Crippen LogP contribution < -0.4 is 19.5 Å². The summed E-state index contributed by atoms with van der Waals surface area (Å²) in [7, 11) is -2.05. The molecular weight excluding hydrogens is 490 g/mol. The summed E-state index contributed by atoms with van der Waals surface area (Å²) >= 11 is 0. The lowest BCUT2D eigenvalue weighted by atomic mass is 9.68. The number of amides is 1. The summed E-state index contributed by atoms with van der Waals surface area (Å²) in [5, 5.41) is 3.12. The number of imidazole rings is 1. The van der Waals surface area contributed by atoms with Crippen LogP contribution in [0.25, 0.3) is 0 Å². The Kier molecular flexibility index (Phi) is 8.96. The zero-order valence-electron chi connectivity index (χ0n) is 21.1. The first-order chi connectivity index (χ1) is 17.9. The molecule has 1 amide bonds. The second-order valence-electron chi connectivity index (χ2n) is 9.47. The van der Waals surface area contributed by atoms with E-state index in [-0.39, 0.29) is 17.4 Å². The molecule has 0 unspecified atom stereocenters. The van der Waals surface area contributed by atoms with E-state index in [1.807, 2.05) is 41.1 Å². The standard InChI is InChI=1S/C27H35N5O4S/c1-36-25-11-6-5-10-24(25)26(33)29-20-27(22-8-3-2-4-9-22)14-12-23(13-15-27)31-37(34,35)30-16-7-18-32-19-17-28-21-32/h2-6,8-11,17,19,21,23,30-31H,7,12-16,18,20H2,1H3,(H,29,33)/t23-,27-. The Morgan fingerprint density at radius 3 is 2.54 bits per heavy atom. The van der Waals surface area contributed by atoms with Gasteiger partial charge in [0.1, 0.15) is 5.75 Å². The van der Waals surface area contributed by atoms with Crippen molar-refractivity contribution in [2.24, 2.45) is 0 Å². The molecule has 0 bridgehead atoms. The highest BCUT2D eigenvalue weighted by molar-refractivity contribution is 7.87. The molecule has 9 nitrogen and oxygen atoms in total. The highest BCUT2D eigenvalue weighted by Gasteiger charge is 2.38. The van der Waals surface area contributed by atoms with Gasteiger partial charge in [-0.15, -0.1) is 0 Å². The highest BCUT2D eigenvalue weighted by atomic mass is 32.2. The molecule has 0 radical (unpaired) electrons. The second-order valence-corrected chi connectivity index (χ2v) is 11.0. The third kappa shape index (κ3) is 7.18. The molecule has 1 aliphatic carbocycles. The Bertz CT molecular complexity index is 1240. The van der Waals surface area contributed by atoms with E-state index in [4.69, 9.17) is 4.74 Å². The average molecular weight is 526 g/mol. The summed E-state index contributed by atoms with van der Waals surface area (Å²) in [4.78, 5) is 17.0. The molecule has 1 saturated carbocycles. The van der Waals surface area contributed by atoms with Gasteiger partial charge < -0.3 is 14.6 Å². The third-order valence-electron chi connectivity index (χ3n) is 7.03. The minimum atomic E-state index is -3.60. The molecule has 0 aliphatic heterocycles. The number of carbonyl (C=O) groups excluding carboxylic acids is 1. The fraction of sp³-hybridized carbons (Fsp3) is 0.407. The van der Waals surface area contributed by atoms with Crippen LogP contribution in [0, 0.1) is 0 Å². The van der Waals surface area contributed by atoms with Crippen molar-refractivity contribution in [1.82, 2.24) is 24.3 Å². The lowest BCUT2D eigenvalue weighted by molar-refractivity contribution is 0.0932. The Labute approximate surface area is 218 Å². The summed E-state index contributed by atoms with van der Waals surface area (Å²) in [6.07, 6.45) is 8.79. The van der Waals surface area contributed by atoms with Gasteiger partial charge in [-0.25, -0.2) is 9.71 Å². The molecule has 1 aromatic heterocycles. The van der Waals surface area contributed by atoms with E-state index in [0.29, 0.717) is 50.2 Å². The van der Waals surface area contributed by atoms with Gasteiger partial charge in [0.25, 0.3) is 16.1 Å². The van der Waals surface area contributed by atoms with Crippen molar-refractivity contribution in [3.05, 3.63) is 84.4 Å². The van der Waals surface area contributed by atoms with Crippen LogP contribution in [0.15, 0.2) is 73.3 Å². The van der Waals surface area contributed by atoms with Crippen LogP contribution in [0.1, 0.15) is 48.0 Å². The van der Waals surface area contributed by atoms with Gasteiger partial charge in [0.05, 0.1) is 19.0 Å². The molecule has 0 atom stereocenters. The molecule has 198 valence electrons. The molecular formula is C27H35N5O4S. The number of hydrogen-bond acceptors (Lipinski definition) is 5. The van der Waals surface area contributed by atoms with Crippen LogP contribution in [-0.2, 0) is 22.2 Å². The molecule has 2 aromatic carbocycles. The van der Waals surface area contributed by atoms with Crippen molar-refractivity contribution in [2.75, 3.05) is 20.2 Å². The number of ether oxygens (including phenoxy) is 1. The van der Waals surface area contributed by atoms with Gasteiger partial charge in [-0.3, -0.25) is 4.79 Å². The van der Waals surface area contributed by atoms with Gasteiger partial charge in [0.15, 0.2) is 0 Å². The number of hydrogen-bond donors (Lipinski definition) is 3. The fourth-order valence-corrected chi connectivity index (χ4v) is 6.14. The Morgan fingerprint density at radius 2 is 1.84 bits per heavy atom. The maximum absolute atomic E-state index is 13.0. The Balaban J connectivity index is 1.35. The summed E-state index contributed by atoms with van der Waals surface area (Å²) in [5.41, 5.74) is 1.36. The first kappa shape index (κ1) is 26.8. The average Bonchev–Trinajstić information content (AvgIpc) is 3.45. The van der Waals surface area contributed by atoms with Crippen LogP contribution in [-0.4, -0.2) is 50.1 Å². The minimum absolute atomic E-state index is 0.159. The summed E-state index contributed by atoms with van der Waals surface area (Å²) < 4.78 is 38.0. The predicted molar refractivity (Wildman–Crippen MR) is 143 cm³/mol. The Morgan fingerprint density at radius 1 is 1.11 bits per heavy atom. The lowest BCUT2D eigenvalue weighted by Gasteiger charge is -2.41. The molecule has 0 spiro atoms. The molecule has 37 heavy (non-hydrogen) atoms. The largest absolute Gasteiger partial charge is 0.496 e. The maximum Gasteiger partial charge on any atom is 0.277 e. The van der Waals surface area contributed by atoms with Crippen molar-refractivity contribution in [3.8, 4) is 5.75 Å². The number of para-hydroxylation sites is 1. The van der Waals surface area contributed by atoms with Crippen LogP contribution >= 0.6 is 0 Å². The van der Waals surface area contributed by atoms with E-state index in [1.54, 1.807) is 31.8 Å². The summed E-state index contributed by atoms with van der Waals surface area (Å²) in [5.74, 6) is 0.347. The molecule has 1 fully saturated rings. The second kappa shape index (κ2) is 12.4. The van der Waals surface area contributed by atoms with Crippen molar-refractivity contribution in [1.29, 1.82) is 0 Å². The highest BCUT2D eigenvalue weighted by Crippen LogP contribution is 2.39. The molecule has 3 aromatic rings. The van der Waals surface area contributed by atoms with Crippen molar-refractivity contribution >= 4 is 16.1 Å². The van der Waals surface area contributed by atoms with Crippen LogP contribution in [0.5, 0.6) is 5.75 Å². The van der Waals surface area contributed by atoms with Gasteiger partial charge in [-0.1, -0.05) is 42.5 Å². The quantitative estimate of drug-likeness (QED) is 0.315. The summed E-state index contributed by atoms with van der Waals surface area (Å²) in [6, 6.07) is 17.1. The molecule has 1 heterocycles. The van der Waals surface area contributed by atoms with Crippen molar-refractivity contribution in [3.63, 3.8) is 0 Å². The first-order valence-corrected chi connectivity index (χ1v) is 14.1. The number of rotatable bonds is 12. The van der Waals surface area contributed by atoms with Crippen LogP contribution in [0.2, 0.25) is 0 Å². The summed E-state index contributed by atoms with van der Waals surface area (Å²) in [6.45, 7) is 1.51. The van der Waals surface area contributed by atoms with E-state index in [0.717, 1.165) is 18.4 Å². The number of methoxy groups -OCH3 is 1. The smallest absolute Gasteiger partial charge is 0.277 e. The lowest BCUT2D eigenvalue weighted by Crippen LogP contribution is -2.49. The number of nitrogens with one attached hydrogen (secondary N) is 3. The van der Waals surface area contributed by atoms with E-state index in [2.05, 4.69) is 31.9 Å². The van der Waals surface area contributed by atoms with Gasteiger partial charge >= 0.3 is 0 Å². The van der Waals surface area contributed by atoms with Crippen molar-refractivity contribution < 1.29 is 17.9 Å². The number of aryl methyl sites for hydroxylation is 1. The van der Waals surface area contributed by atoms with Gasteiger partial charge in [-0.2, -0.15) is 13.1 Å². The van der Waals surface area contributed by atoms with E-state index in [9.17, 15) is 13.2 Å². The van der Waals surface area contributed by atoms with Gasteiger partial charge in [-0.05, 0) is 49.8 Å². The fourth-order valence-electron chi connectivity index (χ4n) is 4.97. The number of aromatic nitrogens is 2.